The van der Waals surface area contributed by atoms with Crippen LogP contribution in [0.15, 0.2) is 0 Å². The van der Waals surface area contributed by atoms with Gasteiger partial charge in [0, 0.05) is 11.5 Å². The molecule has 0 aromatic heterocycles. The van der Waals surface area contributed by atoms with E-state index in [1.165, 1.54) is 0 Å². The second-order valence-corrected chi connectivity index (χ2v) is 8.81. The zero-order chi connectivity index (χ0) is 16.9. The van der Waals surface area contributed by atoms with Crippen molar-refractivity contribution in [1.29, 1.82) is 0 Å². The van der Waals surface area contributed by atoms with E-state index in [4.69, 9.17) is 0 Å². The Morgan fingerprint density at radius 2 is 0.583 bits per heavy atom. The molecule has 0 aromatic carbocycles. The van der Waals surface area contributed by atoms with Crippen molar-refractivity contribution < 1.29 is 129 Å². The Kier molecular flexibility index (Phi) is 25.7. The Labute approximate surface area is 233 Å². The molecule has 0 amide bonds. The van der Waals surface area contributed by atoms with Gasteiger partial charge in [0.05, 0.1) is 20.2 Å². The van der Waals surface area contributed by atoms with E-state index in [0.717, 1.165) is 64.2 Å². The summed E-state index contributed by atoms with van der Waals surface area (Å²) in [7, 11) is -8.10. The molecule has 0 unspecified atom stereocenters. The predicted octanol–water partition coefficient (Wildman–Crippen LogP) is -3.23. The van der Waals surface area contributed by atoms with Gasteiger partial charge in [0.2, 0.25) is 0 Å². The van der Waals surface area contributed by atoms with Gasteiger partial charge >= 0.3 is 103 Å². The van der Waals surface area contributed by atoms with Crippen LogP contribution in [0.4, 0.5) is 0 Å². The van der Waals surface area contributed by atoms with Crippen molar-refractivity contribution >= 4 is 20.2 Å². The topological polar surface area (TPSA) is 114 Å². The normalized spacial score (nSPS) is 11.6. The Hall–Kier alpha value is 3.09. The minimum absolute atomic E-state index is 0. The maximum absolute atomic E-state index is 10.4. The van der Waals surface area contributed by atoms with Crippen LogP contribution in [0.2, 0.25) is 0 Å². The Bertz CT molecular complexity index is 422. The number of hydrogen-bond acceptors (Lipinski definition) is 6. The Morgan fingerprint density at radius 3 is 0.750 bits per heavy atom. The Morgan fingerprint density at radius 1 is 0.417 bits per heavy atom. The summed E-state index contributed by atoms with van der Waals surface area (Å²) in [5.41, 5.74) is 0. The third kappa shape index (κ3) is 29.8. The van der Waals surface area contributed by atoms with Crippen LogP contribution in [-0.4, -0.2) is 37.4 Å². The van der Waals surface area contributed by atoms with E-state index in [2.05, 4.69) is 0 Å². The predicted molar refractivity (Wildman–Crippen MR) is 84.5 cm³/mol. The van der Waals surface area contributed by atoms with E-state index in [9.17, 15) is 25.9 Å². The fraction of sp³-hybridized carbons (Fsp3) is 1.00. The van der Waals surface area contributed by atoms with Crippen LogP contribution in [0.1, 0.15) is 77.0 Å². The van der Waals surface area contributed by atoms with Gasteiger partial charge in [0.1, 0.15) is 0 Å². The van der Waals surface area contributed by atoms with Crippen molar-refractivity contribution in [3.63, 3.8) is 0 Å². The molecular formula is C14H28K2O6S2. The number of rotatable bonds is 15. The largest absolute Gasteiger partial charge is 1.00 e. The first kappa shape index (κ1) is 31.8. The summed E-state index contributed by atoms with van der Waals surface area (Å²) in [6.45, 7) is 0. The standard InChI is InChI=1S/C14H30O6S2.2K/c15-21(16,17)13-11-9-7-5-3-1-2-4-6-8-10-12-14-22(18,19)20;;/h1-14H2,(H,15,16,17)(H,18,19,20);;/q;2*+1/p-2. The van der Waals surface area contributed by atoms with Crippen molar-refractivity contribution in [3.05, 3.63) is 0 Å². The molecule has 0 saturated carbocycles. The second-order valence-electron chi connectivity index (χ2n) is 5.77. The summed E-state index contributed by atoms with van der Waals surface area (Å²) < 4.78 is 62.3. The molecule has 0 radical (unpaired) electrons. The molecule has 0 spiro atoms. The van der Waals surface area contributed by atoms with Crippen LogP contribution in [0, 0.1) is 0 Å². The van der Waals surface area contributed by atoms with E-state index in [0.29, 0.717) is 12.8 Å². The van der Waals surface area contributed by atoms with Crippen LogP contribution < -0.4 is 103 Å². The molecule has 0 fully saturated rings. The molecule has 6 nitrogen and oxygen atoms in total. The molecule has 0 N–H and O–H groups in total. The SMILES string of the molecule is O=S(=O)([O-])CCCCCCCCCCCCCCS(=O)(=O)[O-].[K+].[K+]. The van der Waals surface area contributed by atoms with E-state index in [-0.39, 0.29) is 114 Å². The summed E-state index contributed by atoms with van der Waals surface area (Å²) in [4.78, 5) is 0. The summed E-state index contributed by atoms with van der Waals surface area (Å²) in [6, 6.07) is 0. The van der Waals surface area contributed by atoms with Gasteiger partial charge in [-0.15, -0.1) is 0 Å². The number of hydrogen-bond donors (Lipinski definition) is 0. The van der Waals surface area contributed by atoms with Gasteiger partial charge in [-0.2, -0.15) is 0 Å². The van der Waals surface area contributed by atoms with E-state index >= 15 is 0 Å². The maximum atomic E-state index is 10.4. The molecule has 0 aromatic rings. The van der Waals surface area contributed by atoms with Gasteiger partial charge in [-0.1, -0.05) is 64.2 Å². The van der Waals surface area contributed by atoms with E-state index < -0.39 is 20.2 Å². The van der Waals surface area contributed by atoms with Crippen LogP contribution in [0.25, 0.3) is 0 Å². The van der Waals surface area contributed by atoms with Gasteiger partial charge in [-0.3, -0.25) is 0 Å². The molecule has 10 heteroatoms. The second kappa shape index (κ2) is 19.4. The average molecular weight is 435 g/mol. The molecule has 134 valence electrons. The third-order valence-corrected chi connectivity index (χ3v) is 5.12. The Balaban J connectivity index is -0.00000220. The van der Waals surface area contributed by atoms with Crippen LogP contribution in [0.5, 0.6) is 0 Å². The minimum atomic E-state index is -4.05. The van der Waals surface area contributed by atoms with E-state index in [1.54, 1.807) is 0 Å². The first-order valence-corrected chi connectivity index (χ1v) is 11.2. The summed E-state index contributed by atoms with van der Waals surface area (Å²) in [5.74, 6) is -0.499. The summed E-state index contributed by atoms with van der Waals surface area (Å²) >= 11 is 0. The third-order valence-electron chi connectivity index (χ3n) is 3.54. The maximum Gasteiger partial charge on any atom is 1.00 e. The molecule has 0 saturated heterocycles. The number of unbranched alkanes of at least 4 members (excludes halogenated alkanes) is 11. The zero-order valence-electron chi connectivity index (χ0n) is 15.2. The van der Waals surface area contributed by atoms with Gasteiger partial charge in [0.15, 0.2) is 0 Å². The fourth-order valence-corrected chi connectivity index (χ4v) is 3.44. The average Bonchev–Trinajstić information content (AvgIpc) is 2.36. The molecular weight excluding hydrogens is 406 g/mol. The molecule has 0 rings (SSSR count). The smallest absolute Gasteiger partial charge is 0.748 e. The van der Waals surface area contributed by atoms with Crippen molar-refractivity contribution in [1.82, 2.24) is 0 Å². The quantitative estimate of drug-likeness (QED) is 0.152. The molecule has 0 bridgehead atoms. The molecule has 0 aliphatic heterocycles. The van der Waals surface area contributed by atoms with Gasteiger partial charge < -0.3 is 9.11 Å². The monoisotopic (exact) mass is 434 g/mol. The van der Waals surface area contributed by atoms with E-state index in [1.807, 2.05) is 0 Å². The van der Waals surface area contributed by atoms with Gasteiger partial charge in [-0.25, -0.2) is 16.8 Å². The van der Waals surface area contributed by atoms with Gasteiger partial charge in [-0.05, 0) is 12.8 Å². The molecule has 0 heterocycles. The van der Waals surface area contributed by atoms with Crippen molar-refractivity contribution in [2.45, 2.75) is 77.0 Å². The van der Waals surface area contributed by atoms with Crippen LogP contribution in [-0.2, 0) is 20.2 Å². The van der Waals surface area contributed by atoms with Crippen molar-refractivity contribution in [3.8, 4) is 0 Å². The molecule has 0 aliphatic rings. The summed E-state index contributed by atoms with van der Waals surface area (Å²) in [5, 5.41) is 0. The fourth-order valence-electron chi connectivity index (χ4n) is 2.33. The van der Waals surface area contributed by atoms with Gasteiger partial charge in [0.25, 0.3) is 0 Å². The zero-order valence-corrected chi connectivity index (χ0v) is 23.0. The first-order chi connectivity index (χ1) is 10.2. The van der Waals surface area contributed by atoms with Crippen molar-refractivity contribution in [2.24, 2.45) is 0 Å². The van der Waals surface area contributed by atoms with Crippen LogP contribution in [0.3, 0.4) is 0 Å². The first-order valence-electron chi connectivity index (χ1n) is 8.08. The van der Waals surface area contributed by atoms with Crippen LogP contribution >= 0.6 is 0 Å². The summed E-state index contributed by atoms with van der Waals surface area (Å²) in [6.07, 6.45) is 11.1. The minimum Gasteiger partial charge on any atom is -0.748 e. The molecule has 24 heavy (non-hydrogen) atoms. The molecule has 0 atom stereocenters. The molecule has 0 aliphatic carbocycles. The van der Waals surface area contributed by atoms with Crippen molar-refractivity contribution in [2.75, 3.05) is 11.5 Å².